The summed E-state index contributed by atoms with van der Waals surface area (Å²) >= 11 is 0. The van der Waals surface area contributed by atoms with Crippen molar-refractivity contribution < 1.29 is 9.53 Å². The number of aliphatic imine (C=N–C) groups is 1. The minimum atomic E-state index is -0.485. The Labute approximate surface area is 93.3 Å². The van der Waals surface area contributed by atoms with Crippen LogP contribution in [0.1, 0.15) is 5.56 Å². The fraction of sp³-hybridized carbons (Fsp3) is 0.273. The molecule has 1 aromatic carbocycles. The maximum atomic E-state index is 10.6. The summed E-state index contributed by atoms with van der Waals surface area (Å²) < 4.78 is 5.21. The van der Waals surface area contributed by atoms with Crippen LogP contribution in [0.15, 0.2) is 29.3 Å². The molecule has 0 saturated heterocycles. The fourth-order valence-electron chi connectivity index (χ4n) is 1.48. The molecule has 3 N–H and O–H groups in total. The molecule has 0 spiro atoms. The number of benzene rings is 1. The van der Waals surface area contributed by atoms with Gasteiger partial charge in [-0.25, -0.2) is 0 Å². The second kappa shape index (κ2) is 4.65. The molecule has 0 radical (unpaired) electrons. The lowest BCUT2D eigenvalue weighted by molar-refractivity contribution is -0.119. The van der Waals surface area contributed by atoms with Gasteiger partial charge in [0.25, 0.3) is 5.91 Å². The topological polar surface area (TPSA) is 76.7 Å². The lowest BCUT2D eigenvalue weighted by atomic mass is 10.2. The highest BCUT2D eigenvalue weighted by Crippen LogP contribution is 2.14. The van der Waals surface area contributed by atoms with E-state index in [9.17, 15) is 4.79 Å². The highest BCUT2D eigenvalue weighted by Gasteiger charge is 2.08. The van der Waals surface area contributed by atoms with E-state index in [1.807, 2.05) is 18.2 Å². The summed E-state index contributed by atoms with van der Waals surface area (Å²) in [6.45, 7) is 1.55. The van der Waals surface area contributed by atoms with Crippen LogP contribution in [0.4, 0.5) is 0 Å². The van der Waals surface area contributed by atoms with Crippen LogP contribution in [0.2, 0.25) is 0 Å². The van der Waals surface area contributed by atoms with Gasteiger partial charge in [0.15, 0.2) is 6.61 Å². The summed E-state index contributed by atoms with van der Waals surface area (Å²) in [6, 6.07) is 7.41. The van der Waals surface area contributed by atoms with Crippen LogP contribution in [0, 0.1) is 0 Å². The molecule has 0 bridgehead atoms. The molecule has 0 saturated carbocycles. The van der Waals surface area contributed by atoms with E-state index >= 15 is 0 Å². The van der Waals surface area contributed by atoms with Crippen molar-refractivity contribution in [1.29, 1.82) is 0 Å². The molecular weight excluding hydrogens is 206 g/mol. The first-order valence-electron chi connectivity index (χ1n) is 5.05. The maximum Gasteiger partial charge on any atom is 0.255 e. The number of nitrogens with zero attached hydrogens (tertiary/aromatic N) is 1. The molecule has 84 valence electrons. The molecule has 1 amide bonds. The van der Waals surface area contributed by atoms with Crippen molar-refractivity contribution >= 4 is 11.7 Å². The Morgan fingerprint density at radius 2 is 2.44 bits per heavy atom. The van der Waals surface area contributed by atoms with Gasteiger partial charge in [-0.2, -0.15) is 0 Å². The third-order valence-corrected chi connectivity index (χ3v) is 2.16. The third-order valence-electron chi connectivity index (χ3n) is 2.16. The average molecular weight is 219 g/mol. The highest BCUT2D eigenvalue weighted by molar-refractivity contribution is 6.00. The Hall–Kier alpha value is -2.04. The minimum absolute atomic E-state index is 0.108. The number of amidine groups is 1. The summed E-state index contributed by atoms with van der Waals surface area (Å²) in [5.41, 5.74) is 5.96. The summed E-state index contributed by atoms with van der Waals surface area (Å²) in [7, 11) is 0. The first-order chi connectivity index (χ1) is 7.75. The van der Waals surface area contributed by atoms with E-state index in [1.54, 1.807) is 6.07 Å². The van der Waals surface area contributed by atoms with E-state index in [4.69, 9.17) is 10.5 Å². The van der Waals surface area contributed by atoms with E-state index < -0.39 is 5.91 Å². The molecule has 16 heavy (non-hydrogen) atoms. The van der Waals surface area contributed by atoms with E-state index in [0.717, 1.165) is 24.5 Å². The summed E-state index contributed by atoms with van der Waals surface area (Å²) in [5, 5.41) is 3.17. The van der Waals surface area contributed by atoms with Gasteiger partial charge in [0.05, 0.1) is 6.54 Å². The van der Waals surface area contributed by atoms with Gasteiger partial charge in [-0.15, -0.1) is 0 Å². The van der Waals surface area contributed by atoms with Gasteiger partial charge in [-0.3, -0.25) is 9.79 Å². The molecule has 1 heterocycles. The van der Waals surface area contributed by atoms with Crippen molar-refractivity contribution in [2.45, 2.75) is 0 Å². The van der Waals surface area contributed by atoms with Gasteiger partial charge in [0, 0.05) is 12.1 Å². The molecule has 1 aliphatic rings. The normalized spacial score (nSPS) is 14.1. The summed E-state index contributed by atoms with van der Waals surface area (Å²) in [4.78, 5) is 14.9. The van der Waals surface area contributed by atoms with Gasteiger partial charge in [-0.05, 0) is 12.1 Å². The predicted molar refractivity (Wildman–Crippen MR) is 60.5 cm³/mol. The number of hydrogen-bond acceptors (Lipinski definition) is 4. The number of amides is 1. The number of rotatable bonds is 4. The number of carbonyl (C=O) groups excluding carboxylic acids is 1. The largest absolute Gasteiger partial charge is 0.484 e. The Balaban J connectivity index is 2.10. The van der Waals surface area contributed by atoms with E-state index in [-0.39, 0.29) is 6.61 Å². The molecule has 1 aromatic rings. The number of carbonyl (C=O) groups is 1. The number of nitrogens with one attached hydrogen (secondary N) is 1. The average Bonchev–Trinajstić information content (AvgIpc) is 2.80. The standard InChI is InChI=1S/C11H13N3O2/c12-10(15)7-16-9-3-1-2-8(6-9)11-13-4-5-14-11/h1-3,6H,4-5,7H2,(H2,12,15)(H,13,14). The quantitative estimate of drug-likeness (QED) is 0.742. The van der Waals surface area contributed by atoms with E-state index in [0.29, 0.717) is 5.75 Å². The monoisotopic (exact) mass is 219 g/mol. The zero-order valence-electron chi connectivity index (χ0n) is 8.77. The van der Waals surface area contributed by atoms with E-state index in [1.165, 1.54) is 0 Å². The molecule has 0 fully saturated rings. The number of nitrogens with two attached hydrogens (primary N) is 1. The third kappa shape index (κ3) is 2.50. The Kier molecular flexibility index (Phi) is 3.05. The van der Waals surface area contributed by atoms with Crippen molar-refractivity contribution in [2.24, 2.45) is 10.7 Å². The second-order valence-corrected chi connectivity index (χ2v) is 3.44. The van der Waals surface area contributed by atoms with Crippen LogP contribution >= 0.6 is 0 Å². The predicted octanol–water partition coefficient (Wildman–Crippen LogP) is -0.0995. The zero-order valence-corrected chi connectivity index (χ0v) is 8.77. The molecule has 0 aliphatic carbocycles. The molecule has 5 nitrogen and oxygen atoms in total. The van der Waals surface area contributed by atoms with Crippen molar-refractivity contribution in [2.75, 3.05) is 19.7 Å². The molecular formula is C11H13N3O2. The first kappa shape index (κ1) is 10.5. The molecule has 0 unspecified atom stereocenters. The highest BCUT2D eigenvalue weighted by atomic mass is 16.5. The van der Waals surface area contributed by atoms with Crippen molar-refractivity contribution in [1.82, 2.24) is 5.32 Å². The lowest BCUT2D eigenvalue weighted by Gasteiger charge is -2.06. The lowest BCUT2D eigenvalue weighted by Crippen LogP contribution is -2.21. The Morgan fingerprint density at radius 1 is 1.56 bits per heavy atom. The zero-order chi connectivity index (χ0) is 11.4. The Bertz CT molecular complexity index is 429. The smallest absolute Gasteiger partial charge is 0.255 e. The number of hydrogen-bond donors (Lipinski definition) is 2. The van der Waals surface area contributed by atoms with Crippen LogP contribution in [0.5, 0.6) is 5.75 Å². The maximum absolute atomic E-state index is 10.6. The van der Waals surface area contributed by atoms with Crippen LogP contribution in [-0.2, 0) is 4.79 Å². The first-order valence-corrected chi connectivity index (χ1v) is 5.05. The SMILES string of the molecule is NC(=O)COc1cccc(C2=NCCN2)c1. The summed E-state index contributed by atoms with van der Waals surface area (Å²) in [6.07, 6.45) is 0. The van der Waals surface area contributed by atoms with Crippen LogP contribution in [-0.4, -0.2) is 31.4 Å². The fourth-order valence-corrected chi connectivity index (χ4v) is 1.48. The number of primary amides is 1. The molecule has 1 aliphatic heterocycles. The van der Waals surface area contributed by atoms with Crippen LogP contribution < -0.4 is 15.8 Å². The van der Waals surface area contributed by atoms with Gasteiger partial charge in [0.2, 0.25) is 0 Å². The van der Waals surface area contributed by atoms with Gasteiger partial charge in [0.1, 0.15) is 11.6 Å². The molecule has 0 aromatic heterocycles. The second-order valence-electron chi connectivity index (χ2n) is 3.44. The van der Waals surface area contributed by atoms with Crippen LogP contribution in [0.3, 0.4) is 0 Å². The molecule has 5 heteroatoms. The van der Waals surface area contributed by atoms with Crippen LogP contribution in [0.25, 0.3) is 0 Å². The van der Waals surface area contributed by atoms with Gasteiger partial charge in [-0.1, -0.05) is 12.1 Å². The van der Waals surface area contributed by atoms with Crippen molar-refractivity contribution in [3.05, 3.63) is 29.8 Å². The molecule has 0 atom stereocenters. The molecule has 2 rings (SSSR count). The van der Waals surface area contributed by atoms with Crippen molar-refractivity contribution in [3.63, 3.8) is 0 Å². The van der Waals surface area contributed by atoms with Gasteiger partial charge >= 0.3 is 0 Å². The number of ether oxygens (including phenoxy) is 1. The summed E-state index contributed by atoms with van der Waals surface area (Å²) in [5.74, 6) is 0.999. The van der Waals surface area contributed by atoms with Crippen molar-refractivity contribution in [3.8, 4) is 5.75 Å². The minimum Gasteiger partial charge on any atom is -0.484 e. The van der Waals surface area contributed by atoms with Gasteiger partial charge < -0.3 is 15.8 Å². The van der Waals surface area contributed by atoms with E-state index in [2.05, 4.69) is 10.3 Å². The Morgan fingerprint density at radius 3 is 3.12 bits per heavy atom.